The summed E-state index contributed by atoms with van der Waals surface area (Å²) in [5.41, 5.74) is 12.0. The number of nitrogens with two attached hydrogens (primary N) is 1. The van der Waals surface area contributed by atoms with Crippen LogP contribution in [0, 0.1) is 0 Å². The third-order valence-electron chi connectivity index (χ3n) is 5.96. The summed E-state index contributed by atoms with van der Waals surface area (Å²) < 4.78 is 2.48. The highest BCUT2D eigenvalue weighted by atomic mass is 79.9. The third kappa shape index (κ3) is 4.94. The summed E-state index contributed by atoms with van der Waals surface area (Å²) in [6, 6.07) is 14.8. The van der Waals surface area contributed by atoms with Gasteiger partial charge in [0, 0.05) is 35.0 Å². The van der Waals surface area contributed by atoms with Crippen molar-refractivity contribution in [3.05, 3.63) is 65.0 Å². The van der Waals surface area contributed by atoms with Gasteiger partial charge in [0.15, 0.2) is 5.65 Å². The van der Waals surface area contributed by atoms with Crippen molar-refractivity contribution in [2.24, 2.45) is 0 Å². The zero-order valence-corrected chi connectivity index (χ0v) is 21.0. The molecule has 0 radical (unpaired) electrons. The molecule has 0 spiro atoms. The molecule has 0 aliphatic carbocycles. The van der Waals surface area contributed by atoms with Crippen molar-refractivity contribution >= 4 is 27.4 Å². The van der Waals surface area contributed by atoms with Crippen LogP contribution in [0.4, 0.5) is 5.82 Å². The number of hydrogen-bond acceptors (Lipinski definition) is 5. The molecule has 0 fully saturated rings. The summed E-state index contributed by atoms with van der Waals surface area (Å²) in [6.07, 6.45) is 8.27. The molecule has 0 amide bonds. The molecule has 1 aromatic carbocycles. The van der Waals surface area contributed by atoms with E-state index in [2.05, 4.69) is 70.3 Å². The average Bonchev–Trinajstić information content (AvgIpc) is 3.26. The van der Waals surface area contributed by atoms with E-state index in [-0.39, 0.29) is 6.04 Å². The van der Waals surface area contributed by atoms with E-state index in [0.717, 1.165) is 63.9 Å². The molecule has 1 unspecified atom stereocenters. The molecule has 33 heavy (non-hydrogen) atoms. The first-order valence-electron chi connectivity index (χ1n) is 11.6. The van der Waals surface area contributed by atoms with Gasteiger partial charge < -0.3 is 11.1 Å². The van der Waals surface area contributed by atoms with E-state index in [4.69, 9.17) is 10.7 Å². The SMILES string of the molecule is CCCC(CCC)NC(C)c1nc2c(-c3ccc(-c4ccccc4)nc3)cnn2c(N)c1Br. The molecular weight excluding hydrogens is 476 g/mol. The van der Waals surface area contributed by atoms with Gasteiger partial charge in [-0.25, -0.2) is 4.98 Å². The molecule has 4 rings (SSSR count). The van der Waals surface area contributed by atoms with Crippen molar-refractivity contribution in [1.82, 2.24) is 24.9 Å². The molecule has 0 saturated heterocycles. The molecule has 1 atom stereocenters. The maximum Gasteiger partial charge on any atom is 0.165 e. The number of nitrogens with zero attached hydrogens (tertiary/aromatic N) is 4. The van der Waals surface area contributed by atoms with Gasteiger partial charge in [0.25, 0.3) is 0 Å². The minimum absolute atomic E-state index is 0.0520. The lowest BCUT2D eigenvalue weighted by atomic mass is 10.0. The first kappa shape index (κ1) is 23.4. The van der Waals surface area contributed by atoms with Crippen molar-refractivity contribution in [2.45, 2.75) is 58.5 Å². The fourth-order valence-electron chi connectivity index (χ4n) is 4.28. The standard InChI is InChI=1S/C26H31BrN6/c1-4-9-20(10-5-2)31-17(3)24-23(27)25(28)33-26(32-24)21(16-30-33)19-13-14-22(29-15-19)18-11-7-6-8-12-18/h6-8,11-17,20,31H,4-5,9-10,28H2,1-3H3. The number of nitrogen functional groups attached to an aromatic ring is 1. The van der Waals surface area contributed by atoms with Crippen molar-refractivity contribution in [2.75, 3.05) is 5.73 Å². The molecule has 172 valence electrons. The van der Waals surface area contributed by atoms with Crippen LogP contribution in [0.2, 0.25) is 0 Å². The predicted octanol–water partition coefficient (Wildman–Crippen LogP) is 6.42. The van der Waals surface area contributed by atoms with Gasteiger partial charge in [0.1, 0.15) is 5.82 Å². The fraction of sp³-hybridized carbons (Fsp3) is 0.346. The normalized spacial score (nSPS) is 12.5. The maximum absolute atomic E-state index is 6.47. The topological polar surface area (TPSA) is 81.1 Å². The Labute approximate surface area is 203 Å². The number of aromatic nitrogens is 4. The molecule has 3 N–H and O–H groups in total. The summed E-state index contributed by atoms with van der Waals surface area (Å²) in [6.45, 7) is 6.60. The van der Waals surface area contributed by atoms with Gasteiger partial charge in [-0.3, -0.25) is 4.98 Å². The maximum atomic E-state index is 6.47. The largest absolute Gasteiger partial charge is 0.383 e. The Balaban J connectivity index is 1.69. The van der Waals surface area contributed by atoms with E-state index < -0.39 is 0 Å². The molecule has 3 aromatic heterocycles. The molecule has 7 heteroatoms. The van der Waals surface area contributed by atoms with Crippen LogP contribution >= 0.6 is 15.9 Å². The van der Waals surface area contributed by atoms with E-state index in [9.17, 15) is 0 Å². The summed E-state index contributed by atoms with van der Waals surface area (Å²) in [5.74, 6) is 0.547. The number of halogens is 1. The minimum Gasteiger partial charge on any atom is -0.383 e. The van der Waals surface area contributed by atoms with Crippen LogP contribution in [-0.2, 0) is 0 Å². The highest BCUT2D eigenvalue weighted by molar-refractivity contribution is 9.10. The summed E-state index contributed by atoms with van der Waals surface area (Å²) in [4.78, 5) is 9.68. The fourth-order valence-corrected chi connectivity index (χ4v) is 4.88. The smallest absolute Gasteiger partial charge is 0.165 e. The Bertz CT molecular complexity index is 1200. The Morgan fingerprint density at radius 2 is 1.73 bits per heavy atom. The quantitative estimate of drug-likeness (QED) is 0.273. The molecule has 3 heterocycles. The highest BCUT2D eigenvalue weighted by Crippen LogP contribution is 2.33. The highest BCUT2D eigenvalue weighted by Gasteiger charge is 2.21. The number of anilines is 1. The van der Waals surface area contributed by atoms with Crippen LogP contribution in [0.15, 0.2) is 59.3 Å². The van der Waals surface area contributed by atoms with Gasteiger partial charge in [-0.05, 0) is 41.8 Å². The van der Waals surface area contributed by atoms with Crippen LogP contribution < -0.4 is 11.1 Å². The molecule has 6 nitrogen and oxygen atoms in total. The zero-order valence-electron chi connectivity index (χ0n) is 19.4. The van der Waals surface area contributed by atoms with Gasteiger partial charge in [-0.1, -0.05) is 63.1 Å². The van der Waals surface area contributed by atoms with Gasteiger partial charge in [-0.15, -0.1) is 0 Å². The van der Waals surface area contributed by atoms with Crippen LogP contribution in [0.1, 0.15) is 58.2 Å². The van der Waals surface area contributed by atoms with E-state index in [1.165, 1.54) is 0 Å². The second-order valence-electron chi connectivity index (χ2n) is 8.45. The minimum atomic E-state index is 0.0520. The molecule has 0 aliphatic heterocycles. The van der Waals surface area contributed by atoms with E-state index in [1.807, 2.05) is 36.7 Å². The third-order valence-corrected chi connectivity index (χ3v) is 6.77. The molecule has 0 aliphatic rings. The number of fused-ring (bicyclic) bond motifs is 1. The lowest BCUT2D eigenvalue weighted by Gasteiger charge is -2.23. The first-order chi connectivity index (χ1) is 16.0. The van der Waals surface area contributed by atoms with Gasteiger partial charge in [-0.2, -0.15) is 9.61 Å². The Hall–Kier alpha value is -2.77. The lowest BCUT2D eigenvalue weighted by Crippen LogP contribution is -2.32. The Morgan fingerprint density at radius 1 is 1.00 bits per heavy atom. The zero-order chi connectivity index (χ0) is 23.4. The van der Waals surface area contributed by atoms with Crippen molar-refractivity contribution in [3.8, 4) is 22.4 Å². The number of hydrogen-bond donors (Lipinski definition) is 2. The van der Waals surface area contributed by atoms with Gasteiger partial charge >= 0.3 is 0 Å². The van der Waals surface area contributed by atoms with Crippen molar-refractivity contribution in [3.63, 3.8) is 0 Å². The van der Waals surface area contributed by atoms with E-state index >= 15 is 0 Å². The Morgan fingerprint density at radius 3 is 2.36 bits per heavy atom. The molecule has 0 bridgehead atoms. The number of rotatable bonds is 9. The van der Waals surface area contributed by atoms with Crippen LogP contribution in [0.3, 0.4) is 0 Å². The summed E-state index contributed by atoms with van der Waals surface area (Å²) in [7, 11) is 0. The van der Waals surface area contributed by atoms with Crippen LogP contribution in [0.25, 0.3) is 28.0 Å². The average molecular weight is 507 g/mol. The van der Waals surface area contributed by atoms with Gasteiger partial charge in [0.05, 0.1) is 22.1 Å². The number of nitrogens with one attached hydrogen (secondary N) is 1. The van der Waals surface area contributed by atoms with Crippen LogP contribution in [-0.4, -0.2) is 25.6 Å². The first-order valence-corrected chi connectivity index (χ1v) is 12.4. The monoisotopic (exact) mass is 506 g/mol. The molecular formula is C26H31BrN6. The Kier molecular flexibility index (Phi) is 7.40. The van der Waals surface area contributed by atoms with Gasteiger partial charge in [0.2, 0.25) is 0 Å². The number of benzene rings is 1. The molecule has 0 saturated carbocycles. The second-order valence-corrected chi connectivity index (χ2v) is 9.24. The van der Waals surface area contributed by atoms with Crippen molar-refractivity contribution in [1.29, 1.82) is 0 Å². The van der Waals surface area contributed by atoms with Crippen LogP contribution in [0.5, 0.6) is 0 Å². The predicted molar refractivity (Wildman–Crippen MR) is 139 cm³/mol. The summed E-state index contributed by atoms with van der Waals surface area (Å²) >= 11 is 3.67. The number of pyridine rings is 1. The van der Waals surface area contributed by atoms with E-state index in [0.29, 0.717) is 11.9 Å². The molecule has 4 aromatic rings. The second kappa shape index (κ2) is 10.4. The lowest BCUT2D eigenvalue weighted by molar-refractivity contribution is 0.398. The van der Waals surface area contributed by atoms with Crippen molar-refractivity contribution < 1.29 is 0 Å². The van der Waals surface area contributed by atoms with E-state index in [1.54, 1.807) is 4.52 Å². The summed E-state index contributed by atoms with van der Waals surface area (Å²) in [5, 5.41) is 8.26.